The number of benzene rings is 2. The predicted octanol–water partition coefficient (Wildman–Crippen LogP) is 4.94. The van der Waals surface area contributed by atoms with Crippen molar-refractivity contribution in [2.24, 2.45) is 5.73 Å². The van der Waals surface area contributed by atoms with Crippen LogP contribution in [0.2, 0.25) is 4.34 Å². The summed E-state index contributed by atoms with van der Waals surface area (Å²) < 4.78 is 14.6. The van der Waals surface area contributed by atoms with Crippen LogP contribution in [0.25, 0.3) is 10.8 Å². The molecule has 0 radical (unpaired) electrons. The van der Waals surface area contributed by atoms with Crippen LogP contribution in [0.4, 0.5) is 4.39 Å². The molecule has 0 aliphatic rings. The molecule has 0 aliphatic heterocycles. The highest BCUT2D eigenvalue weighted by molar-refractivity contribution is 7.16. The summed E-state index contributed by atoms with van der Waals surface area (Å²) in [6, 6.07) is 14.4. The zero-order valence-electron chi connectivity index (χ0n) is 10.6. The SMILES string of the molecule is NC(Cc1ccc(Cl)s1)c1ccc(F)c2ccccc12. The molecule has 0 fully saturated rings. The van der Waals surface area contributed by atoms with Gasteiger partial charge in [0.1, 0.15) is 5.82 Å². The second kappa shape index (κ2) is 5.52. The molecule has 2 aromatic carbocycles. The van der Waals surface area contributed by atoms with Crippen LogP contribution in [0.15, 0.2) is 48.5 Å². The fourth-order valence-corrected chi connectivity index (χ4v) is 3.54. The fourth-order valence-electron chi connectivity index (χ4n) is 2.40. The first kappa shape index (κ1) is 13.6. The monoisotopic (exact) mass is 305 g/mol. The molecule has 3 aromatic rings. The molecule has 0 saturated carbocycles. The van der Waals surface area contributed by atoms with Crippen LogP contribution >= 0.6 is 22.9 Å². The van der Waals surface area contributed by atoms with Gasteiger partial charge in [-0.15, -0.1) is 11.3 Å². The highest BCUT2D eigenvalue weighted by atomic mass is 35.5. The molecule has 102 valence electrons. The van der Waals surface area contributed by atoms with Gasteiger partial charge in [-0.2, -0.15) is 0 Å². The molecule has 0 spiro atoms. The zero-order chi connectivity index (χ0) is 14.1. The van der Waals surface area contributed by atoms with E-state index in [0.717, 1.165) is 20.2 Å². The topological polar surface area (TPSA) is 26.0 Å². The van der Waals surface area contributed by atoms with Gasteiger partial charge in [-0.25, -0.2) is 4.39 Å². The summed E-state index contributed by atoms with van der Waals surface area (Å²) in [5.74, 6) is -0.212. The van der Waals surface area contributed by atoms with E-state index in [2.05, 4.69) is 0 Å². The van der Waals surface area contributed by atoms with Crippen molar-refractivity contribution in [1.29, 1.82) is 0 Å². The molecule has 1 nitrogen and oxygen atoms in total. The number of halogens is 2. The van der Waals surface area contributed by atoms with Gasteiger partial charge in [-0.1, -0.05) is 41.9 Å². The zero-order valence-corrected chi connectivity index (χ0v) is 12.2. The molecule has 0 amide bonds. The normalized spacial score (nSPS) is 12.8. The minimum Gasteiger partial charge on any atom is -0.324 e. The van der Waals surface area contributed by atoms with Crippen LogP contribution in [-0.2, 0) is 6.42 Å². The Balaban J connectivity index is 1.99. The molecule has 1 unspecified atom stereocenters. The van der Waals surface area contributed by atoms with Crippen molar-refractivity contribution in [1.82, 2.24) is 0 Å². The highest BCUT2D eigenvalue weighted by Crippen LogP contribution is 2.30. The lowest BCUT2D eigenvalue weighted by molar-refractivity contribution is 0.638. The van der Waals surface area contributed by atoms with Crippen LogP contribution in [0.1, 0.15) is 16.5 Å². The largest absolute Gasteiger partial charge is 0.324 e. The summed E-state index contributed by atoms with van der Waals surface area (Å²) in [6.07, 6.45) is 0.701. The molecule has 0 aliphatic carbocycles. The van der Waals surface area contributed by atoms with Crippen molar-refractivity contribution in [2.45, 2.75) is 12.5 Å². The lowest BCUT2D eigenvalue weighted by Gasteiger charge is -2.14. The van der Waals surface area contributed by atoms with E-state index in [1.165, 1.54) is 17.4 Å². The maximum absolute atomic E-state index is 13.8. The van der Waals surface area contributed by atoms with Gasteiger partial charge in [0.25, 0.3) is 0 Å². The number of nitrogens with two attached hydrogens (primary N) is 1. The minimum absolute atomic E-state index is 0.171. The van der Waals surface area contributed by atoms with Gasteiger partial charge in [0, 0.05) is 22.7 Å². The number of thiophene rings is 1. The van der Waals surface area contributed by atoms with E-state index in [1.807, 2.05) is 30.3 Å². The Morgan fingerprint density at radius 2 is 1.80 bits per heavy atom. The Kier molecular flexibility index (Phi) is 3.74. The molecule has 1 atom stereocenters. The van der Waals surface area contributed by atoms with Crippen molar-refractivity contribution in [3.8, 4) is 0 Å². The minimum atomic E-state index is -0.212. The third-order valence-corrected chi connectivity index (χ3v) is 4.61. The smallest absolute Gasteiger partial charge is 0.131 e. The Labute approximate surface area is 125 Å². The summed E-state index contributed by atoms with van der Waals surface area (Å²) in [5.41, 5.74) is 7.26. The third-order valence-electron chi connectivity index (χ3n) is 3.35. The molecule has 20 heavy (non-hydrogen) atoms. The van der Waals surface area contributed by atoms with Gasteiger partial charge in [0.2, 0.25) is 0 Å². The molecule has 2 N–H and O–H groups in total. The van der Waals surface area contributed by atoms with Crippen LogP contribution < -0.4 is 5.73 Å². The predicted molar refractivity (Wildman–Crippen MR) is 83.9 cm³/mol. The summed E-state index contributed by atoms with van der Waals surface area (Å²) in [5, 5.41) is 1.49. The number of hydrogen-bond donors (Lipinski definition) is 1. The van der Waals surface area contributed by atoms with Crippen LogP contribution in [0, 0.1) is 5.82 Å². The molecular weight excluding hydrogens is 293 g/mol. The van der Waals surface area contributed by atoms with E-state index in [4.69, 9.17) is 17.3 Å². The first-order valence-electron chi connectivity index (χ1n) is 6.32. The molecule has 1 aromatic heterocycles. The molecular formula is C16H13ClFNS. The third kappa shape index (κ3) is 2.57. The van der Waals surface area contributed by atoms with Crippen LogP contribution in [0.3, 0.4) is 0 Å². The first-order chi connectivity index (χ1) is 9.65. The van der Waals surface area contributed by atoms with E-state index in [9.17, 15) is 4.39 Å². The second-order valence-electron chi connectivity index (χ2n) is 4.70. The standard InChI is InChI=1S/C16H13ClFNS/c17-16-8-5-10(20-16)9-15(19)13-6-7-14(18)12-4-2-1-3-11(12)13/h1-8,15H,9,19H2. The van der Waals surface area contributed by atoms with Crippen molar-refractivity contribution in [3.63, 3.8) is 0 Å². The summed E-state index contributed by atoms with van der Waals surface area (Å²) in [7, 11) is 0. The van der Waals surface area contributed by atoms with Crippen molar-refractivity contribution in [2.75, 3.05) is 0 Å². The maximum atomic E-state index is 13.8. The highest BCUT2D eigenvalue weighted by Gasteiger charge is 2.13. The average molecular weight is 306 g/mol. The van der Waals surface area contributed by atoms with Gasteiger partial charge < -0.3 is 5.73 Å². The van der Waals surface area contributed by atoms with Gasteiger partial charge in [-0.3, -0.25) is 0 Å². The lowest BCUT2D eigenvalue weighted by Crippen LogP contribution is -2.13. The Morgan fingerprint density at radius 1 is 1.05 bits per heavy atom. The molecule has 0 bridgehead atoms. The van der Waals surface area contributed by atoms with E-state index >= 15 is 0 Å². The van der Waals surface area contributed by atoms with Crippen LogP contribution in [0.5, 0.6) is 0 Å². The first-order valence-corrected chi connectivity index (χ1v) is 7.51. The number of fused-ring (bicyclic) bond motifs is 1. The summed E-state index contributed by atoms with van der Waals surface area (Å²) in [4.78, 5) is 1.14. The lowest BCUT2D eigenvalue weighted by atomic mass is 9.96. The molecule has 1 heterocycles. The second-order valence-corrected chi connectivity index (χ2v) is 6.50. The van der Waals surface area contributed by atoms with E-state index in [-0.39, 0.29) is 11.9 Å². The van der Waals surface area contributed by atoms with E-state index in [0.29, 0.717) is 11.8 Å². The molecule has 3 rings (SSSR count). The molecule has 4 heteroatoms. The van der Waals surface area contributed by atoms with Gasteiger partial charge in [0.15, 0.2) is 0 Å². The summed E-state index contributed by atoms with van der Waals surface area (Å²) in [6.45, 7) is 0. The van der Waals surface area contributed by atoms with Gasteiger partial charge in [-0.05, 0) is 29.1 Å². The maximum Gasteiger partial charge on any atom is 0.131 e. The Bertz CT molecular complexity index is 753. The number of rotatable bonds is 3. The van der Waals surface area contributed by atoms with Crippen LogP contribution in [-0.4, -0.2) is 0 Å². The average Bonchev–Trinajstić information content (AvgIpc) is 2.84. The van der Waals surface area contributed by atoms with Crippen molar-refractivity contribution < 1.29 is 4.39 Å². The number of hydrogen-bond acceptors (Lipinski definition) is 2. The van der Waals surface area contributed by atoms with E-state index < -0.39 is 0 Å². The molecule has 0 saturated heterocycles. The van der Waals surface area contributed by atoms with Gasteiger partial charge >= 0.3 is 0 Å². The van der Waals surface area contributed by atoms with Crippen molar-refractivity contribution >= 4 is 33.7 Å². The van der Waals surface area contributed by atoms with E-state index in [1.54, 1.807) is 12.1 Å². The van der Waals surface area contributed by atoms with Gasteiger partial charge in [0.05, 0.1) is 4.34 Å². The Morgan fingerprint density at radius 3 is 2.50 bits per heavy atom. The quantitative estimate of drug-likeness (QED) is 0.729. The fraction of sp³-hybridized carbons (Fsp3) is 0.125. The van der Waals surface area contributed by atoms with Crippen molar-refractivity contribution in [3.05, 3.63) is 69.1 Å². The Hall–Kier alpha value is -1.42. The summed E-state index contributed by atoms with van der Waals surface area (Å²) >= 11 is 7.46.